The summed E-state index contributed by atoms with van der Waals surface area (Å²) >= 11 is 0. The van der Waals surface area contributed by atoms with E-state index in [1.807, 2.05) is 42.8 Å². The lowest BCUT2D eigenvalue weighted by molar-refractivity contribution is -0.143. The number of aryl methyl sites for hydroxylation is 1. The molecule has 16 heavy (non-hydrogen) atoms. The Labute approximate surface area is 94.6 Å². The van der Waals surface area contributed by atoms with Gasteiger partial charge in [-0.05, 0) is 25.5 Å². The molecule has 1 heterocycles. The van der Waals surface area contributed by atoms with Gasteiger partial charge in [0.1, 0.15) is 6.54 Å². The highest BCUT2D eigenvalue weighted by atomic mass is 16.5. The van der Waals surface area contributed by atoms with Crippen LogP contribution < -0.4 is 0 Å². The second-order valence-corrected chi connectivity index (χ2v) is 3.76. The Kier molecular flexibility index (Phi) is 2.95. The average molecular weight is 217 g/mol. The Morgan fingerprint density at radius 3 is 2.88 bits per heavy atom. The fourth-order valence-electron chi connectivity index (χ4n) is 1.91. The van der Waals surface area contributed by atoms with Crippen LogP contribution in [0.25, 0.3) is 10.9 Å². The maximum absolute atomic E-state index is 11.4. The van der Waals surface area contributed by atoms with Crippen LogP contribution in [0.4, 0.5) is 0 Å². The van der Waals surface area contributed by atoms with Crippen molar-refractivity contribution in [3.8, 4) is 0 Å². The van der Waals surface area contributed by atoms with Crippen molar-refractivity contribution in [2.24, 2.45) is 0 Å². The molecule has 1 aromatic heterocycles. The summed E-state index contributed by atoms with van der Waals surface area (Å²) in [4.78, 5) is 11.4. The third-order valence-corrected chi connectivity index (χ3v) is 2.59. The number of fused-ring (bicyclic) bond motifs is 1. The van der Waals surface area contributed by atoms with Gasteiger partial charge in [0.25, 0.3) is 0 Å². The number of esters is 1. The van der Waals surface area contributed by atoms with E-state index in [0.29, 0.717) is 6.61 Å². The van der Waals surface area contributed by atoms with E-state index in [2.05, 4.69) is 6.07 Å². The second kappa shape index (κ2) is 4.39. The number of ether oxygens (including phenoxy) is 1. The number of hydrogen-bond donors (Lipinski definition) is 0. The quantitative estimate of drug-likeness (QED) is 0.740. The van der Waals surface area contributed by atoms with Crippen molar-refractivity contribution < 1.29 is 9.53 Å². The first-order valence-electron chi connectivity index (χ1n) is 5.42. The molecular weight excluding hydrogens is 202 g/mol. The second-order valence-electron chi connectivity index (χ2n) is 3.76. The molecule has 0 spiro atoms. The molecule has 0 atom stereocenters. The van der Waals surface area contributed by atoms with Crippen LogP contribution in [-0.2, 0) is 16.1 Å². The van der Waals surface area contributed by atoms with Gasteiger partial charge in [-0.1, -0.05) is 18.2 Å². The highest BCUT2D eigenvalue weighted by molar-refractivity contribution is 5.85. The Hall–Kier alpha value is -1.77. The van der Waals surface area contributed by atoms with Crippen LogP contribution in [0.2, 0.25) is 0 Å². The summed E-state index contributed by atoms with van der Waals surface area (Å²) in [6, 6.07) is 8.06. The Bertz CT molecular complexity index is 514. The largest absolute Gasteiger partial charge is 0.465 e. The predicted octanol–water partition coefficient (Wildman–Crippen LogP) is 2.51. The van der Waals surface area contributed by atoms with E-state index >= 15 is 0 Å². The maximum atomic E-state index is 11.4. The van der Waals surface area contributed by atoms with Crippen LogP contribution >= 0.6 is 0 Å². The molecule has 0 aliphatic heterocycles. The molecule has 0 bridgehead atoms. The molecule has 3 nitrogen and oxygen atoms in total. The lowest BCUT2D eigenvalue weighted by Crippen LogP contribution is -2.12. The third-order valence-electron chi connectivity index (χ3n) is 2.59. The van der Waals surface area contributed by atoms with E-state index in [1.165, 1.54) is 10.9 Å². The number of carbonyl (C=O) groups is 1. The highest BCUT2D eigenvalue weighted by Gasteiger charge is 2.08. The van der Waals surface area contributed by atoms with E-state index in [9.17, 15) is 4.79 Å². The molecule has 2 rings (SSSR count). The Morgan fingerprint density at radius 2 is 2.12 bits per heavy atom. The number of hydrogen-bond acceptors (Lipinski definition) is 2. The predicted molar refractivity (Wildman–Crippen MR) is 63.3 cm³/mol. The molecule has 0 fully saturated rings. The van der Waals surface area contributed by atoms with Crippen LogP contribution in [0.3, 0.4) is 0 Å². The van der Waals surface area contributed by atoms with Crippen LogP contribution in [0.15, 0.2) is 30.5 Å². The van der Waals surface area contributed by atoms with Crippen LogP contribution in [-0.4, -0.2) is 17.1 Å². The van der Waals surface area contributed by atoms with E-state index in [1.54, 1.807) is 0 Å². The van der Waals surface area contributed by atoms with Gasteiger partial charge in [0.15, 0.2) is 0 Å². The highest BCUT2D eigenvalue weighted by Crippen LogP contribution is 2.20. The number of benzene rings is 1. The van der Waals surface area contributed by atoms with Crippen molar-refractivity contribution in [2.45, 2.75) is 20.4 Å². The number of para-hydroxylation sites is 1. The van der Waals surface area contributed by atoms with Gasteiger partial charge in [-0.2, -0.15) is 0 Å². The average Bonchev–Trinajstić information content (AvgIpc) is 2.57. The Balaban J connectivity index is 2.34. The van der Waals surface area contributed by atoms with Crippen molar-refractivity contribution >= 4 is 16.9 Å². The monoisotopic (exact) mass is 217 g/mol. The fraction of sp³-hybridized carbons (Fsp3) is 0.308. The molecule has 0 N–H and O–H groups in total. The SMILES string of the molecule is CCOC(=O)Cn1cc(C)c2ccccc21. The normalized spacial score (nSPS) is 10.6. The van der Waals surface area contributed by atoms with E-state index in [4.69, 9.17) is 4.74 Å². The Morgan fingerprint density at radius 1 is 1.38 bits per heavy atom. The topological polar surface area (TPSA) is 31.2 Å². The molecule has 84 valence electrons. The minimum absolute atomic E-state index is 0.191. The van der Waals surface area contributed by atoms with Gasteiger partial charge in [-0.25, -0.2) is 0 Å². The minimum Gasteiger partial charge on any atom is -0.465 e. The molecule has 1 aromatic carbocycles. The first-order chi connectivity index (χ1) is 7.72. The zero-order chi connectivity index (χ0) is 11.5. The molecule has 0 amide bonds. The lowest BCUT2D eigenvalue weighted by atomic mass is 10.2. The van der Waals surface area contributed by atoms with Crippen molar-refractivity contribution in [3.05, 3.63) is 36.0 Å². The summed E-state index contributed by atoms with van der Waals surface area (Å²) < 4.78 is 6.88. The van der Waals surface area contributed by atoms with E-state index in [0.717, 1.165) is 5.52 Å². The van der Waals surface area contributed by atoms with Gasteiger partial charge < -0.3 is 9.30 Å². The summed E-state index contributed by atoms with van der Waals surface area (Å²) in [5.74, 6) is -0.191. The molecule has 0 saturated carbocycles. The van der Waals surface area contributed by atoms with Gasteiger partial charge in [0, 0.05) is 17.1 Å². The summed E-state index contributed by atoms with van der Waals surface area (Å²) in [7, 11) is 0. The first kappa shape index (κ1) is 10.7. The molecule has 0 saturated heterocycles. The molecule has 2 aromatic rings. The standard InChI is InChI=1S/C13H15NO2/c1-3-16-13(15)9-14-8-10(2)11-6-4-5-7-12(11)14/h4-8H,3,9H2,1-2H3. The number of rotatable bonds is 3. The summed E-state index contributed by atoms with van der Waals surface area (Å²) in [5.41, 5.74) is 2.26. The van der Waals surface area contributed by atoms with Gasteiger partial charge in [0.2, 0.25) is 0 Å². The van der Waals surface area contributed by atoms with Gasteiger partial charge in [-0.15, -0.1) is 0 Å². The van der Waals surface area contributed by atoms with Crippen molar-refractivity contribution in [3.63, 3.8) is 0 Å². The van der Waals surface area contributed by atoms with Gasteiger partial charge >= 0.3 is 5.97 Å². The third kappa shape index (κ3) is 1.94. The summed E-state index contributed by atoms with van der Waals surface area (Å²) in [6.07, 6.45) is 1.99. The zero-order valence-corrected chi connectivity index (χ0v) is 9.56. The van der Waals surface area contributed by atoms with Crippen molar-refractivity contribution in [1.29, 1.82) is 0 Å². The molecule has 3 heteroatoms. The first-order valence-corrected chi connectivity index (χ1v) is 5.42. The van der Waals surface area contributed by atoms with Crippen LogP contribution in [0.1, 0.15) is 12.5 Å². The molecular formula is C13H15NO2. The summed E-state index contributed by atoms with van der Waals surface area (Å²) in [5, 5.41) is 1.19. The number of carbonyl (C=O) groups excluding carboxylic acids is 1. The molecule has 0 aliphatic carbocycles. The summed E-state index contributed by atoms with van der Waals surface area (Å²) in [6.45, 7) is 4.57. The fourth-order valence-corrected chi connectivity index (χ4v) is 1.91. The smallest absolute Gasteiger partial charge is 0.325 e. The van der Waals surface area contributed by atoms with Gasteiger partial charge in [0.05, 0.1) is 6.61 Å². The van der Waals surface area contributed by atoms with Crippen molar-refractivity contribution in [2.75, 3.05) is 6.61 Å². The van der Waals surface area contributed by atoms with Crippen LogP contribution in [0.5, 0.6) is 0 Å². The van der Waals surface area contributed by atoms with E-state index in [-0.39, 0.29) is 12.5 Å². The zero-order valence-electron chi connectivity index (χ0n) is 9.56. The molecule has 0 unspecified atom stereocenters. The van der Waals surface area contributed by atoms with Crippen molar-refractivity contribution in [1.82, 2.24) is 4.57 Å². The van der Waals surface area contributed by atoms with E-state index < -0.39 is 0 Å². The van der Waals surface area contributed by atoms with Gasteiger partial charge in [-0.3, -0.25) is 4.79 Å². The minimum atomic E-state index is -0.191. The molecule has 0 aliphatic rings. The lowest BCUT2D eigenvalue weighted by Gasteiger charge is -2.04. The maximum Gasteiger partial charge on any atom is 0.325 e. The molecule has 0 radical (unpaired) electrons. The van der Waals surface area contributed by atoms with Crippen LogP contribution in [0, 0.1) is 6.92 Å². The number of nitrogens with zero attached hydrogens (tertiary/aromatic N) is 1. The number of aromatic nitrogens is 1.